The molecule has 2 rings (SSSR count). The van der Waals surface area contributed by atoms with Crippen LogP contribution in [0, 0.1) is 10.1 Å². The standard InChI is InChI=1S/C20H17N3O8/c1-12(19(26)27)9-17(24)21-14-7-5-13(6-8-14)20(28)31-11-18(25)22-15-3-2-4-16(10-15)23(29)30/h2-10H,11H2,1H3,(H,21,24)(H,22,25)(H,26,27)/b12-9-. The lowest BCUT2D eigenvalue weighted by molar-refractivity contribution is -0.384. The number of hydrogen-bond acceptors (Lipinski definition) is 7. The average Bonchev–Trinajstić information content (AvgIpc) is 2.72. The number of nitro benzene ring substituents is 1. The lowest BCUT2D eigenvalue weighted by Crippen LogP contribution is -2.21. The summed E-state index contributed by atoms with van der Waals surface area (Å²) in [6.45, 7) is 0.662. The van der Waals surface area contributed by atoms with Crippen LogP contribution in [0.15, 0.2) is 60.2 Å². The van der Waals surface area contributed by atoms with Crippen molar-refractivity contribution < 1.29 is 33.9 Å². The van der Waals surface area contributed by atoms with Crippen molar-refractivity contribution in [3.05, 3.63) is 75.9 Å². The minimum atomic E-state index is -1.22. The largest absolute Gasteiger partial charge is 0.478 e. The number of carboxylic acids is 1. The van der Waals surface area contributed by atoms with Gasteiger partial charge in [0.25, 0.3) is 11.6 Å². The third-order valence-corrected chi connectivity index (χ3v) is 3.75. The minimum Gasteiger partial charge on any atom is -0.478 e. The van der Waals surface area contributed by atoms with Gasteiger partial charge in [0.2, 0.25) is 5.91 Å². The van der Waals surface area contributed by atoms with Gasteiger partial charge in [-0.1, -0.05) is 6.07 Å². The molecule has 2 aromatic rings. The zero-order valence-electron chi connectivity index (χ0n) is 16.2. The molecule has 0 saturated carbocycles. The molecule has 0 fully saturated rings. The van der Waals surface area contributed by atoms with Crippen molar-refractivity contribution in [2.75, 3.05) is 17.2 Å². The number of non-ortho nitro benzene ring substituents is 1. The van der Waals surface area contributed by atoms with E-state index in [2.05, 4.69) is 10.6 Å². The van der Waals surface area contributed by atoms with E-state index in [1.54, 1.807) is 0 Å². The molecule has 160 valence electrons. The summed E-state index contributed by atoms with van der Waals surface area (Å²) in [5.41, 5.74) is 0.275. The Morgan fingerprint density at radius 2 is 1.74 bits per heavy atom. The molecule has 11 nitrogen and oxygen atoms in total. The zero-order chi connectivity index (χ0) is 23.0. The molecule has 2 amide bonds. The summed E-state index contributed by atoms with van der Waals surface area (Å²) >= 11 is 0. The molecule has 2 aromatic carbocycles. The number of carbonyl (C=O) groups excluding carboxylic acids is 3. The summed E-state index contributed by atoms with van der Waals surface area (Å²) in [6.07, 6.45) is 0.921. The number of hydrogen-bond donors (Lipinski definition) is 3. The highest BCUT2D eigenvalue weighted by atomic mass is 16.6. The zero-order valence-corrected chi connectivity index (χ0v) is 16.2. The fourth-order valence-electron chi connectivity index (χ4n) is 2.24. The molecule has 0 bridgehead atoms. The molecule has 0 aliphatic rings. The maximum atomic E-state index is 12.0. The molecule has 0 aliphatic heterocycles. The summed E-state index contributed by atoms with van der Waals surface area (Å²) in [7, 11) is 0. The molecular formula is C20H17N3O8. The van der Waals surface area contributed by atoms with E-state index >= 15 is 0 Å². The second kappa shape index (κ2) is 10.3. The van der Waals surface area contributed by atoms with Crippen LogP contribution in [0.3, 0.4) is 0 Å². The van der Waals surface area contributed by atoms with E-state index in [0.29, 0.717) is 5.69 Å². The van der Waals surface area contributed by atoms with Crippen LogP contribution in [0.25, 0.3) is 0 Å². The summed E-state index contributed by atoms with van der Waals surface area (Å²) in [6, 6.07) is 10.8. The average molecular weight is 427 g/mol. The van der Waals surface area contributed by atoms with E-state index in [0.717, 1.165) is 6.08 Å². The molecule has 0 aromatic heterocycles. The molecule has 0 unspecified atom stereocenters. The highest BCUT2D eigenvalue weighted by Gasteiger charge is 2.12. The van der Waals surface area contributed by atoms with Crippen LogP contribution < -0.4 is 10.6 Å². The van der Waals surface area contributed by atoms with E-state index < -0.39 is 35.3 Å². The number of nitrogens with one attached hydrogen (secondary N) is 2. The van der Waals surface area contributed by atoms with E-state index in [4.69, 9.17) is 9.84 Å². The van der Waals surface area contributed by atoms with Crippen LogP contribution in [-0.4, -0.2) is 40.4 Å². The highest BCUT2D eigenvalue weighted by molar-refractivity contribution is 6.04. The molecule has 0 spiro atoms. The van der Waals surface area contributed by atoms with Crippen molar-refractivity contribution in [1.29, 1.82) is 0 Å². The fraction of sp³-hybridized carbons (Fsp3) is 0.100. The monoisotopic (exact) mass is 427 g/mol. The first kappa shape index (κ1) is 22.7. The fourth-order valence-corrected chi connectivity index (χ4v) is 2.24. The number of ether oxygens (including phenoxy) is 1. The number of benzene rings is 2. The SMILES string of the molecule is C/C(=C/C(=O)Nc1ccc(C(=O)OCC(=O)Nc2cccc([N+](=O)[O-])c2)cc1)C(=O)O. The molecule has 0 atom stereocenters. The smallest absolute Gasteiger partial charge is 0.338 e. The number of rotatable bonds is 8. The first-order valence-corrected chi connectivity index (χ1v) is 8.70. The van der Waals surface area contributed by atoms with Crippen LogP contribution in [-0.2, 0) is 19.1 Å². The maximum absolute atomic E-state index is 12.0. The molecule has 0 saturated heterocycles. The molecular weight excluding hydrogens is 410 g/mol. The summed E-state index contributed by atoms with van der Waals surface area (Å²) in [5.74, 6) is -3.34. The van der Waals surface area contributed by atoms with Crippen LogP contribution in [0.2, 0.25) is 0 Å². The van der Waals surface area contributed by atoms with Gasteiger partial charge >= 0.3 is 11.9 Å². The Kier molecular flexibility index (Phi) is 7.56. The van der Waals surface area contributed by atoms with Gasteiger partial charge in [-0.25, -0.2) is 9.59 Å². The quantitative estimate of drug-likeness (QED) is 0.250. The Hall–Kier alpha value is -4.54. The van der Waals surface area contributed by atoms with Gasteiger partial charge in [-0.2, -0.15) is 0 Å². The number of aliphatic carboxylic acids is 1. The molecule has 0 heterocycles. The Balaban J connectivity index is 1.88. The van der Waals surface area contributed by atoms with E-state index in [1.807, 2.05) is 0 Å². The third-order valence-electron chi connectivity index (χ3n) is 3.75. The normalized spacial score (nSPS) is 10.7. The van der Waals surface area contributed by atoms with Gasteiger partial charge in [-0.3, -0.25) is 19.7 Å². The predicted octanol–water partition coefficient (Wildman–Crippen LogP) is 2.36. The van der Waals surface area contributed by atoms with Crippen LogP contribution in [0.5, 0.6) is 0 Å². The number of nitrogens with zero attached hydrogens (tertiary/aromatic N) is 1. The van der Waals surface area contributed by atoms with Gasteiger partial charge in [-0.05, 0) is 37.3 Å². The Morgan fingerprint density at radius 3 is 2.35 bits per heavy atom. The van der Waals surface area contributed by atoms with E-state index in [-0.39, 0.29) is 22.5 Å². The van der Waals surface area contributed by atoms with Crippen molar-refractivity contribution in [2.45, 2.75) is 6.92 Å². The summed E-state index contributed by atoms with van der Waals surface area (Å²) in [5, 5.41) is 24.3. The summed E-state index contributed by atoms with van der Waals surface area (Å²) in [4.78, 5) is 56.5. The number of anilines is 2. The van der Waals surface area contributed by atoms with Crippen molar-refractivity contribution in [3.63, 3.8) is 0 Å². The third kappa shape index (κ3) is 7.09. The maximum Gasteiger partial charge on any atom is 0.338 e. The van der Waals surface area contributed by atoms with Crippen molar-refractivity contribution >= 4 is 40.8 Å². The van der Waals surface area contributed by atoms with Gasteiger partial charge < -0.3 is 20.5 Å². The summed E-state index contributed by atoms with van der Waals surface area (Å²) < 4.78 is 4.89. The van der Waals surface area contributed by atoms with Crippen LogP contribution in [0.1, 0.15) is 17.3 Å². The van der Waals surface area contributed by atoms with Crippen molar-refractivity contribution in [3.8, 4) is 0 Å². The molecule has 0 radical (unpaired) electrons. The number of nitro groups is 1. The Morgan fingerprint density at radius 1 is 1.06 bits per heavy atom. The lowest BCUT2D eigenvalue weighted by Gasteiger charge is -2.07. The van der Waals surface area contributed by atoms with Gasteiger partial charge in [0.15, 0.2) is 6.61 Å². The minimum absolute atomic E-state index is 0.110. The van der Waals surface area contributed by atoms with Crippen LogP contribution in [0.4, 0.5) is 17.1 Å². The molecule has 11 heteroatoms. The Bertz CT molecular complexity index is 1060. The predicted molar refractivity (Wildman–Crippen MR) is 108 cm³/mol. The van der Waals surface area contributed by atoms with Gasteiger partial charge in [-0.15, -0.1) is 0 Å². The Labute approximate surface area is 175 Å². The van der Waals surface area contributed by atoms with Crippen molar-refractivity contribution in [2.24, 2.45) is 0 Å². The van der Waals surface area contributed by atoms with E-state index in [9.17, 15) is 29.3 Å². The molecule has 31 heavy (non-hydrogen) atoms. The number of esters is 1. The second-order valence-corrected chi connectivity index (χ2v) is 6.13. The van der Waals surface area contributed by atoms with E-state index in [1.165, 1.54) is 55.5 Å². The number of carboxylic acid groups (broad SMARTS) is 1. The first-order valence-electron chi connectivity index (χ1n) is 8.70. The second-order valence-electron chi connectivity index (χ2n) is 6.13. The lowest BCUT2D eigenvalue weighted by atomic mass is 10.2. The number of carbonyl (C=O) groups is 4. The highest BCUT2D eigenvalue weighted by Crippen LogP contribution is 2.17. The topological polar surface area (TPSA) is 165 Å². The first-order chi connectivity index (χ1) is 14.7. The van der Waals surface area contributed by atoms with Crippen LogP contribution >= 0.6 is 0 Å². The molecule has 3 N–H and O–H groups in total. The van der Waals surface area contributed by atoms with Gasteiger partial charge in [0.05, 0.1) is 10.5 Å². The number of amides is 2. The van der Waals surface area contributed by atoms with Crippen molar-refractivity contribution in [1.82, 2.24) is 0 Å². The van der Waals surface area contributed by atoms with Gasteiger partial charge in [0, 0.05) is 35.2 Å². The molecule has 0 aliphatic carbocycles. The van der Waals surface area contributed by atoms with Gasteiger partial charge in [0.1, 0.15) is 0 Å².